The lowest BCUT2D eigenvalue weighted by molar-refractivity contribution is -0.132. The van der Waals surface area contributed by atoms with Crippen molar-refractivity contribution in [1.29, 1.82) is 0 Å². The third-order valence-electron chi connectivity index (χ3n) is 5.09. The SMILES string of the molecule is CCN1C(=O)NC(c2ccc(F)cc2)C2=C1CN(CC(=O)NC1CC1)C2=O. The van der Waals surface area contributed by atoms with Gasteiger partial charge in [-0.2, -0.15) is 0 Å². The molecule has 8 heteroatoms. The molecule has 2 heterocycles. The smallest absolute Gasteiger partial charge is 0.322 e. The predicted octanol–water partition coefficient (Wildman–Crippen LogP) is 1.29. The van der Waals surface area contributed by atoms with Crippen molar-refractivity contribution < 1.29 is 18.8 Å². The molecule has 1 aromatic carbocycles. The highest BCUT2D eigenvalue weighted by molar-refractivity contribution is 6.03. The monoisotopic (exact) mass is 372 g/mol. The van der Waals surface area contributed by atoms with E-state index >= 15 is 0 Å². The van der Waals surface area contributed by atoms with E-state index in [-0.39, 0.29) is 42.8 Å². The topological polar surface area (TPSA) is 81.8 Å². The van der Waals surface area contributed by atoms with Crippen LogP contribution in [0.25, 0.3) is 0 Å². The highest BCUT2D eigenvalue weighted by atomic mass is 19.1. The summed E-state index contributed by atoms with van der Waals surface area (Å²) in [4.78, 5) is 40.7. The number of carbonyl (C=O) groups is 3. The maximum absolute atomic E-state index is 13.3. The lowest BCUT2D eigenvalue weighted by atomic mass is 9.95. The minimum atomic E-state index is -0.653. The van der Waals surface area contributed by atoms with Crippen LogP contribution >= 0.6 is 0 Å². The number of halogens is 1. The maximum atomic E-state index is 13.3. The van der Waals surface area contributed by atoms with Crippen LogP contribution in [0, 0.1) is 5.82 Å². The van der Waals surface area contributed by atoms with Gasteiger partial charge in [0.2, 0.25) is 5.91 Å². The zero-order valence-corrected chi connectivity index (χ0v) is 15.0. The van der Waals surface area contributed by atoms with Crippen LogP contribution in [-0.4, -0.2) is 53.3 Å². The van der Waals surface area contributed by atoms with Crippen molar-refractivity contribution in [3.63, 3.8) is 0 Å². The van der Waals surface area contributed by atoms with Crippen LogP contribution in [0.3, 0.4) is 0 Å². The number of benzene rings is 1. The summed E-state index contributed by atoms with van der Waals surface area (Å²) in [6.45, 7) is 2.42. The van der Waals surface area contributed by atoms with Crippen LogP contribution in [0.15, 0.2) is 35.5 Å². The first-order valence-corrected chi connectivity index (χ1v) is 9.13. The largest absolute Gasteiger partial charge is 0.352 e. The van der Waals surface area contributed by atoms with Gasteiger partial charge in [-0.05, 0) is 37.5 Å². The molecule has 1 fully saturated rings. The summed E-state index contributed by atoms with van der Waals surface area (Å²) < 4.78 is 13.3. The third kappa shape index (κ3) is 3.27. The van der Waals surface area contributed by atoms with Gasteiger partial charge in [-0.15, -0.1) is 0 Å². The van der Waals surface area contributed by atoms with Gasteiger partial charge in [-0.1, -0.05) is 12.1 Å². The molecule has 3 aliphatic rings. The average molecular weight is 372 g/mol. The minimum Gasteiger partial charge on any atom is -0.352 e. The van der Waals surface area contributed by atoms with Gasteiger partial charge in [0.1, 0.15) is 12.4 Å². The molecule has 0 spiro atoms. The fraction of sp³-hybridized carbons (Fsp3) is 0.421. The number of urea groups is 1. The van der Waals surface area contributed by atoms with Crippen molar-refractivity contribution in [2.75, 3.05) is 19.6 Å². The lowest BCUT2D eigenvalue weighted by Crippen LogP contribution is -2.47. The lowest BCUT2D eigenvalue weighted by Gasteiger charge is -2.32. The Hall–Kier alpha value is -2.90. The summed E-state index contributed by atoms with van der Waals surface area (Å²) in [5, 5.41) is 5.71. The molecule has 1 saturated carbocycles. The summed E-state index contributed by atoms with van der Waals surface area (Å²) in [5.41, 5.74) is 1.69. The highest BCUT2D eigenvalue weighted by Gasteiger charge is 2.44. The number of rotatable bonds is 5. The van der Waals surface area contributed by atoms with Crippen molar-refractivity contribution in [2.45, 2.75) is 31.8 Å². The molecular weight excluding hydrogens is 351 g/mol. The van der Waals surface area contributed by atoms with Crippen molar-refractivity contribution >= 4 is 17.8 Å². The summed E-state index contributed by atoms with van der Waals surface area (Å²) in [7, 11) is 0. The number of hydrogen-bond donors (Lipinski definition) is 2. The molecule has 0 aromatic heterocycles. The molecule has 7 nitrogen and oxygen atoms in total. The van der Waals surface area contributed by atoms with Gasteiger partial charge < -0.3 is 15.5 Å². The number of likely N-dealkylation sites (N-methyl/N-ethyl adjacent to an activating group) is 1. The van der Waals surface area contributed by atoms with Gasteiger partial charge >= 0.3 is 6.03 Å². The van der Waals surface area contributed by atoms with E-state index in [0.29, 0.717) is 23.4 Å². The molecule has 4 rings (SSSR count). The zero-order chi connectivity index (χ0) is 19.1. The number of hydrogen-bond acceptors (Lipinski definition) is 3. The molecule has 0 bridgehead atoms. The van der Waals surface area contributed by atoms with Crippen molar-refractivity contribution in [3.05, 3.63) is 46.9 Å². The van der Waals surface area contributed by atoms with Crippen LogP contribution in [-0.2, 0) is 9.59 Å². The number of amides is 4. The Balaban J connectivity index is 1.62. The second-order valence-corrected chi connectivity index (χ2v) is 7.04. The highest BCUT2D eigenvalue weighted by Crippen LogP contribution is 2.36. The Kier molecular flexibility index (Phi) is 4.33. The van der Waals surface area contributed by atoms with E-state index in [9.17, 15) is 18.8 Å². The second kappa shape index (κ2) is 6.68. The normalized spacial score (nSPS) is 22.1. The van der Waals surface area contributed by atoms with Crippen LogP contribution in [0.4, 0.5) is 9.18 Å². The number of nitrogens with one attached hydrogen (secondary N) is 2. The Morgan fingerprint density at radius 2 is 1.96 bits per heavy atom. The maximum Gasteiger partial charge on any atom is 0.322 e. The van der Waals surface area contributed by atoms with E-state index < -0.39 is 6.04 Å². The van der Waals surface area contributed by atoms with Crippen molar-refractivity contribution in [1.82, 2.24) is 20.4 Å². The van der Waals surface area contributed by atoms with Crippen LogP contribution < -0.4 is 10.6 Å². The Labute approximate surface area is 156 Å². The molecule has 1 aromatic rings. The molecule has 27 heavy (non-hydrogen) atoms. The first kappa shape index (κ1) is 17.5. The van der Waals surface area contributed by atoms with E-state index in [0.717, 1.165) is 12.8 Å². The molecule has 0 saturated heterocycles. The fourth-order valence-electron chi connectivity index (χ4n) is 3.59. The molecular formula is C19H21FN4O3. The van der Waals surface area contributed by atoms with E-state index in [1.54, 1.807) is 12.1 Å². The summed E-state index contributed by atoms with van der Waals surface area (Å²) in [5.74, 6) is -0.850. The predicted molar refractivity (Wildman–Crippen MR) is 94.8 cm³/mol. The summed E-state index contributed by atoms with van der Waals surface area (Å²) >= 11 is 0. The summed E-state index contributed by atoms with van der Waals surface area (Å²) in [6, 6.07) is 4.98. The van der Waals surface area contributed by atoms with E-state index in [2.05, 4.69) is 10.6 Å². The average Bonchev–Trinajstić information content (AvgIpc) is 3.39. The molecule has 4 amide bonds. The summed E-state index contributed by atoms with van der Waals surface area (Å²) in [6.07, 6.45) is 1.95. The van der Waals surface area contributed by atoms with Gasteiger partial charge in [0.05, 0.1) is 23.9 Å². The molecule has 1 atom stereocenters. The van der Waals surface area contributed by atoms with Crippen LogP contribution in [0.5, 0.6) is 0 Å². The molecule has 0 radical (unpaired) electrons. The van der Waals surface area contributed by atoms with Gasteiger partial charge in [-0.25, -0.2) is 9.18 Å². The second-order valence-electron chi connectivity index (χ2n) is 7.04. The van der Waals surface area contributed by atoms with Crippen molar-refractivity contribution in [2.24, 2.45) is 0 Å². The van der Waals surface area contributed by atoms with E-state index in [1.165, 1.54) is 21.9 Å². The first-order valence-electron chi connectivity index (χ1n) is 9.13. The Bertz CT molecular complexity index is 832. The van der Waals surface area contributed by atoms with Gasteiger partial charge in [0, 0.05) is 12.6 Å². The number of carbonyl (C=O) groups excluding carboxylic acids is 3. The van der Waals surface area contributed by atoms with Gasteiger partial charge in [0.15, 0.2) is 0 Å². The fourth-order valence-corrected chi connectivity index (χ4v) is 3.59. The minimum absolute atomic E-state index is 0.0375. The number of nitrogens with zero attached hydrogens (tertiary/aromatic N) is 2. The first-order chi connectivity index (χ1) is 13.0. The van der Waals surface area contributed by atoms with E-state index in [1.807, 2.05) is 6.92 Å². The van der Waals surface area contributed by atoms with E-state index in [4.69, 9.17) is 0 Å². The Morgan fingerprint density at radius 3 is 2.59 bits per heavy atom. The molecule has 1 aliphatic carbocycles. The molecule has 142 valence electrons. The third-order valence-corrected chi connectivity index (χ3v) is 5.09. The quantitative estimate of drug-likeness (QED) is 0.817. The van der Waals surface area contributed by atoms with Crippen LogP contribution in [0.1, 0.15) is 31.4 Å². The van der Waals surface area contributed by atoms with Crippen molar-refractivity contribution in [3.8, 4) is 0 Å². The molecule has 2 N–H and O–H groups in total. The standard InChI is InChI=1S/C19H21FN4O3/c1-2-24-14-9-23(10-15(25)21-13-7-8-13)18(26)16(14)17(22-19(24)27)11-3-5-12(20)6-4-11/h3-6,13,17H,2,7-10H2,1H3,(H,21,25)(H,22,27). The van der Waals surface area contributed by atoms with Crippen LogP contribution in [0.2, 0.25) is 0 Å². The molecule has 2 aliphatic heterocycles. The van der Waals surface area contributed by atoms with Gasteiger partial charge in [0.25, 0.3) is 5.91 Å². The molecule has 1 unspecified atom stereocenters. The zero-order valence-electron chi connectivity index (χ0n) is 15.0. The Morgan fingerprint density at radius 1 is 1.26 bits per heavy atom. The van der Waals surface area contributed by atoms with Gasteiger partial charge in [-0.3, -0.25) is 14.5 Å².